The highest BCUT2D eigenvalue weighted by atomic mass is 16.5. The van der Waals surface area contributed by atoms with E-state index in [-0.39, 0.29) is 11.8 Å². The number of allylic oxidation sites excluding steroid dienone is 2. The fourth-order valence-electron chi connectivity index (χ4n) is 2.29. The second kappa shape index (κ2) is 4.38. The zero-order valence-corrected chi connectivity index (χ0v) is 11.1. The van der Waals surface area contributed by atoms with Crippen LogP contribution in [0.3, 0.4) is 0 Å². The van der Waals surface area contributed by atoms with E-state index in [0.29, 0.717) is 0 Å². The van der Waals surface area contributed by atoms with E-state index in [4.69, 9.17) is 0 Å². The van der Waals surface area contributed by atoms with Crippen LogP contribution in [0.1, 0.15) is 32.8 Å². The Hall–Kier alpha value is -1.38. The summed E-state index contributed by atoms with van der Waals surface area (Å²) in [7, 11) is 0. The van der Waals surface area contributed by atoms with E-state index in [1.165, 1.54) is 6.08 Å². The summed E-state index contributed by atoms with van der Waals surface area (Å²) in [6, 6.07) is 10.1. The molecule has 0 aliphatic heterocycles. The molecule has 0 heterocycles. The van der Waals surface area contributed by atoms with Crippen molar-refractivity contribution in [2.75, 3.05) is 0 Å². The molecule has 0 aromatic heterocycles. The Bertz CT molecular complexity index is 488. The summed E-state index contributed by atoms with van der Waals surface area (Å²) in [5.74, 6) is -1.72. The van der Waals surface area contributed by atoms with Crippen molar-refractivity contribution in [1.29, 1.82) is 0 Å². The molecule has 96 valence electrons. The van der Waals surface area contributed by atoms with Gasteiger partial charge in [-0.1, -0.05) is 62.8 Å². The van der Waals surface area contributed by atoms with E-state index >= 15 is 0 Å². The van der Waals surface area contributed by atoms with Gasteiger partial charge in [-0.2, -0.15) is 0 Å². The van der Waals surface area contributed by atoms with Gasteiger partial charge in [-0.3, -0.25) is 0 Å². The monoisotopic (exact) mass is 244 g/mol. The highest BCUT2D eigenvalue weighted by molar-refractivity contribution is 5.78. The third-order valence-electron chi connectivity index (χ3n) is 3.27. The standard InChI is InChI=1S/C16H20O2/c1-15(2,3)14-11-16(17,18)10-9-13(14)12-7-5-4-6-8-12/h4-10,17-18H,11H2,1-3H3. The van der Waals surface area contributed by atoms with Crippen LogP contribution in [0.5, 0.6) is 0 Å². The van der Waals surface area contributed by atoms with Crippen molar-refractivity contribution in [3.05, 3.63) is 53.6 Å². The number of aliphatic hydroxyl groups is 2. The Morgan fingerprint density at radius 2 is 1.67 bits per heavy atom. The molecule has 0 unspecified atom stereocenters. The van der Waals surface area contributed by atoms with Crippen molar-refractivity contribution in [2.24, 2.45) is 5.41 Å². The zero-order valence-electron chi connectivity index (χ0n) is 11.1. The molecule has 2 nitrogen and oxygen atoms in total. The van der Waals surface area contributed by atoms with E-state index in [1.807, 2.05) is 36.4 Å². The minimum absolute atomic E-state index is 0.0906. The van der Waals surface area contributed by atoms with Gasteiger partial charge in [0, 0.05) is 6.42 Å². The maximum absolute atomic E-state index is 9.81. The van der Waals surface area contributed by atoms with Crippen LogP contribution in [0.4, 0.5) is 0 Å². The molecule has 0 fully saturated rings. The molecule has 1 aliphatic carbocycles. The summed E-state index contributed by atoms with van der Waals surface area (Å²) in [6.45, 7) is 6.29. The normalized spacial score (nSPS) is 19.2. The number of hydrogen-bond acceptors (Lipinski definition) is 2. The predicted octanol–water partition coefficient (Wildman–Crippen LogP) is 3.13. The molecule has 18 heavy (non-hydrogen) atoms. The van der Waals surface area contributed by atoms with E-state index in [0.717, 1.165) is 16.7 Å². The van der Waals surface area contributed by atoms with Crippen molar-refractivity contribution in [3.8, 4) is 0 Å². The van der Waals surface area contributed by atoms with Crippen LogP contribution in [-0.4, -0.2) is 16.0 Å². The highest BCUT2D eigenvalue weighted by Gasteiger charge is 2.32. The van der Waals surface area contributed by atoms with Crippen LogP contribution in [-0.2, 0) is 0 Å². The predicted molar refractivity (Wildman–Crippen MR) is 73.7 cm³/mol. The molecule has 0 bridgehead atoms. The van der Waals surface area contributed by atoms with E-state index in [1.54, 1.807) is 0 Å². The smallest absolute Gasteiger partial charge is 0.186 e. The second-order valence-corrected chi connectivity index (χ2v) is 5.90. The first-order chi connectivity index (χ1) is 8.30. The van der Waals surface area contributed by atoms with Gasteiger partial charge in [-0.25, -0.2) is 0 Å². The lowest BCUT2D eigenvalue weighted by atomic mass is 9.75. The average Bonchev–Trinajstić information content (AvgIpc) is 2.28. The summed E-state index contributed by atoms with van der Waals surface area (Å²) in [5.41, 5.74) is 3.20. The summed E-state index contributed by atoms with van der Waals surface area (Å²) in [6.07, 6.45) is 3.54. The van der Waals surface area contributed by atoms with Gasteiger partial charge >= 0.3 is 0 Å². The Morgan fingerprint density at radius 1 is 1.06 bits per heavy atom. The fourth-order valence-corrected chi connectivity index (χ4v) is 2.29. The molecule has 0 atom stereocenters. The minimum Gasteiger partial charge on any atom is -0.362 e. The Balaban J connectivity index is 2.54. The minimum atomic E-state index is -1.72. The Labute approximate surface area is 108 Å². The summed E-state index contributed by atoms with van der Waals surface area (Å²) >= 11 is 0. The molecule has 0 amide bonds. The fraction of sp³-hybridized carbons (Fsp3) is 0.375. The molecular weight excluding hydrogens is 224 g/mol. The average molecular weight is 244 g/mol. The Morgan fingerprint density at radius 3 is 2.22 bits per heavy atom. The van der Waals surface area contributed by atoms with Crippen LogP contribution in [0, 0.1) is 5.41 Å². The van der Waals surface area contributed by atoms with Crippen LogP contribution in [0.25, 0.3) is 5.57 Å². The summed E-state index contributed by atoms with van der Waals surface area (Å²) in [4.78, 5) is 0. The molecule has 1 aromatic carbocycles. The first kappa shape index (κ1) is 13.1. The summed E-state index contributed by atoms with van der Waals surface area (Å²) in [5, 5.41) is 19.6. The first-order valence-corrected chi connectivity index (χ1v) is 6.23. The topological polar surface area (TPSA) is 40.5 Å². The van der Waals surface area contributed by atoms with Crippen molar-refractivity contribution in [3.63, 3.8) is 0 Å². The van der Waals surface area contributed by atoms with Gasteiger partial charge in [0.2, 0.25) is 0 Å². The molecule has 2 heteroatoms. The van der Waals surface area contributed by atoms with Gasteiger partial charge in [0.05, 0.1) is 0 Å². The Kier molecular flexibility index (Phi) is 3.18. The van der Waals surface area contributed by atoms with E-state index < -0.39 is 5.79 Å². The molecule has 2 N–H and O–H groups in total. The van der Waals surface area contributed by atoms with Gasteiger partial charge in [-0.15, -0.1) is 0 Å². The van der Waals surface area contributed by atoms with Crippen LogP contribution < -0.4 is 0 Å². The molecule has 0 spiro atoms. The molecule has 1 aromatic rings. The molecule has 0 saturated heterocycles. The first-order valence-electron chi connectivity index (χ1n) is 6.23. The molecular formula is C16H20O2. The number of hydrogen-bond donors (Lipinski definition) is 2. The third-order valence-corrected chi connectivity index (χ3v) is 3.27. The zero-order chi connectivity index (χ0) is 13.4. The quantitative estimate of drug-likeness (QED) is 0.745. The lowest BCUT2D eigenvalue weighted by Crippen LogP contribution is -2.31. The van der Waals surface area contributed by atoms with Gasteiger partial charge < -0.3 is 10.2 Å². The molecule has 0 saturated carbocycles. The van der Waals surface area contributed by atoms with Crippen LogP contribution in [0.2, 0.25) is 0 Å². The summed E-state index contributed by atoms with van der Waals surface area (Å²) < 4.78 is 0. The maximum Gasteiger partial charge on any atom is 0.186 e. The van der Waals surface area contributed by atoms with E-state index in [2.05, 4.69) is 20.8 Å². The maximum atomic E-state index is 9.81. The van der Waals surface area contributed by atoms with Gasteiger partial charge in [0.15, 0.2) is 5.79 Å². The number of benzene rings is 1. The molecule has 0 radical (unpaired) electrons. The van der Waals surface area contributed by atoms with Crippen LogP contribution >= 0.6 is 0 Å². The van der Waals surface area contributed by atoms with Crippen molar-refractivity contribution in [2.45, 2.75) is 33.0 Å². The van der Waals surface area contributed by atoms with Gasteiger partial charge in [0.1, 0.15) is 0 Å². The van der Waals surface area contributed by atoms with Gasteiger partial charge in [0.25, 0.3) is 0 Å². The molecule has 2 rings (SSSR count). The lowest BCUT2D eigenvalue weighted by Gasteiger charge is -2.33. The van der Waals surface area contributed by atoms with E-state index in [9.17, 15) is 10.2 Å². The SMILES string of the molecule is CC(C)(C)C1=C(c2ccccc2)C=CC(O)(O)C1. The largest absolute Gasteiger partial charge is 0.362 e. The van der Waals surface area contributed by atoms with Crippen LogP contribution in [0.15, 0.2) is 48.1 Å². The molecule has 1 aliphatic rings. The third kappa shape index (κ3) is 2.71. The van der Waals surface area contributed by atoms with Crippen molar-refractivity contribution >= 4 is 5.57 Å². The highest BCUT2D eigenvalue weighted by Crippen LogP contribution is 2.41. The second-order valence-electron chi connectivity index (χ2n) is 5.90. The van der Waals surface area contributed by atoms with Crippen molar-refractivity contribution in [1.82, 2.24) is 0 Å². The lowest BCUT2D eigenvalue weighted by molar-refractivity contribution is -0.119. The number of rotatable bonds is 1. The van der Waals surface area contributed by atoms with Crippen molar-refractivity contribution < 1.29 is 10.2 Å². The van der Waals surface area contributed by atoms with Gasteiger partial charge in [-0.05, 0) is 22.6 Å².